The van der Waals surface area contributed by atoms with Crippen molar-refractivity contribution in [3.8, 4) is 0 Å². The van der Waals surface area contributed by atoms with Gasteiger partial charge in [0, 0.05) is 45.6 Å². The molecule has 130 valence electrons. The summed E-state index contributed by atoms with van der Waals surface area (Å²) in [5.41, 5.74) is 0.703. The van der Waals surface area contributed by atoms with Crippen LogP contribution in [0.25, 0.3) is 0 Å². The lowest BCUT2D eigenvalue weighted by Crippen LogP contribution is -2.65. The quantitative estimate of drug-likeness (QED) is 0.662. The first-order chi connectivity index (χ1) is 11.7. The van der Waals surface area contributed by atoms with Crippen molar-refractivity contribution in [1.82, 2.24) is 10.2 Å². The van der Waals surface area contributed by atoms with Crippen LogP contribution >= 0.6 is 0 Å². The Morgan fingerprint density at radius 3 is 2.58 bits per heavy atom. The van der Waals surface area contributed by atoms with Gasteiger partial charge in [0.05, 0.1) is 5.41 Å². The molecule has 1 aromatic carbocycles. The minimum Gasteiger partial charge on any atom is -0.385 e. The highest BCUT2D eigenvalue weighted by Gasteiger charge is 2.53. The van der Waals surface area contributed by atoms with Gasteiger partial charge in [0.2, 0.25) is 5.91 Å². The molecule has 0 radical (unpaired) electrons. The van der Waals surface area contributed by atoms with Gasteiger partial charge in [0.1, 0.15) is 0 Å². The second kappa shape index (κ2) is 7.21. The van der Waals surface area contributed by atoms with E-state index in [0.717, 1.165) is 31.5 Å². The summed E-state index contributed by atoms with van der Waals surface area (Å²) in [5.74, 6) is 0.203. The van der Waals surface area contributed by atoms with E-state index in [-0.39, 0.29) is 17.4 Å². The molecule has 0 aromatic heterocycles. The number of amides is 3. The van der Waals surface area contributed by atoms with Crippen LogP contribution in [0.5, 0.6) is 0 Å². The average molecular weight is 331 g/mol. The Labute approximate surface area is 142 Å². The van der Waals surface area contributed by atoms with E-state index in [1.54, 1.807) is 7.11 Å². The molecule has 2 aliphatic rings. The van der Waals surface area contributed by atoms with Gasteiger partial charge in [-0.3, -0.25) is 4.79 Å². The minimum atomic E-state index is -0.261. The molecule has 2 fully saturated rings. The van der Waals surface area contributed by atoms with Crippen molar-refractivity contribution in [2.45, 2.75) is 19.3 Å². The Balaban J connectivity index is 1.47. The molecule has 0 unspecified atom stereocenters. The second-order valence-electron chi connectivity index (χ2n) is 6.57. The zero-order valence-electron chi connectivity index (χ0n) is 14.2. The third-order valence-electron chi connectivity index (χ3n) is 5.04. The molecule has 3 rings (SSSR count). The highest BCUT2D eigenvalue weighted by Crippen LogP contribution is 2.43. The predicted molar refractivity (Wildman–Crippen MR) is 91.9 cm³/mol. The van der Waals surface area contributed by atoms with Gasteiger partial charge in [-0.1, -0.05) is 18.2 Å². The smallest absolute Gasteiger partial charge is 0.317 e. The molecule has 2 saturated heterocycles. The monoisotopic (exact) mass is 331 g/mol. The normalized spacial score (nSPS) is 19.3. The molecular formula is C18H25N3O3. The van der Waals surface area contributed by atoms with Gasteiger partial charge in [-0.15, -0.1) is 0 Å². The molecule has 2 aliphatic heterocycles. The van der Waals surface area contributed by atoms with E-state index in [4.69, 9.17) is 4.74 Å². The van der Waals surface area contributed by atoms with Crippen molar-refractivity contribution in [1.29, 1.82) is 0 Å². The molecule has 0 aliphatic carbocycles. The maximum Gasteiger partial charge on any atom is 0.317 e. The average Bonchev–Trinajstić information content (AvgIpc) is 2.64. The van der Waals surface area contributed by atoms with Crippen LogP contribution in [-0.4, -0.2) is 56.7 Å². The number of hydrogen-bond acceptors (Lipinski definition) is 3. The van der Waals surface area contributed by atoms with Crippen molar-refractivity contribution >= 4 is 17.6 Å². The SMILES string of the molecule is COCCCNC(=O)N1CCC2(CC1)CN(c1ccccc1)C2=O. The molecule has 24 heavy (non-hydrogen) atoms. The van der Waals surface area contributed by atoms with Gasteiger partial charge in [-0.2, -0.15) is 0 Å². The maximum atomic E-state index is 12.7. The summed E-state index contributed by atoms with van der Waals surface area (Å²) >= 11 is 0. The van der Waals surface area contributed by atoms with Crippen LogP contribution in [-0.2, 0) is 9.53 Å². The zero-order valence-corrected chi connectivity index (χ0v) is 14.2. The number of ether oxygens (including phenoxy) is 1. The first kappa shape index (κ1) is 16.8. The molecule has 2 heterocycles. The third kappa shape index (κ3) is 3.24. The van der Waals surface area contributed by atoms with Crippen LogP contribution in [0.3, 0.4) is 0 Å². The summed E-state index contributed by atoms with van der Waals surface area (Å²) in [6.45, 7) is 3.32. The number of anilines is 1. The van der Waals surface area contributed by atoms with E-state index in [9.17, 15) is 9.59 Å². The van der Waals surface area contributed by atoms with E-state index in [2.05, 4.69) is 5.32 Å². The summed E-state index contributed by atoms with van der Waals surface area (Å²) in [7, 11) is 1.65. The van der Waals surface area contributed by atoms with Crippen molar-refractivity contribution < 1.29 is 14.3 Å². The number of β-lactam (4-membered cyclic amide) rings is 1. The van der Waals surface area contributed by atoms with Crippen LogP contribution in [0, 0.1) is 5.41 Å². The van der Waals surface area contributed by atoms with Gasteiger partial charge in [-0.05, 0) is 31.4 Å². The lowest BCUT2D eigenvalue weighted by molar-refractivity contribution is -0.138. The molecule has 1 spiro atoms. The number of urea groups is 1. The van der Waals surface area contributed by atoms with Crippen LogP contribution in [0.15, 0.2) is 30.3 Å². The Morgan fingerprint density at radius 2 is 1.96 bits per heavy atom. The lowest BCUT2D eigenvalue weighted by atomic mass is 9.71. The number of carbonyl (C=O) groups is 2. The van der Waals surface area contributed by atoms with E-state index < -0.39 is 0 Å². The minimum absolute atomic E-state index is 0.0346. The molecule has 6 heteroatoms. The molecule has 0 atom stereocenters. The molecule has 0 saturated carbocycles. The lowest BCUT2D eigenvalue weighted by Gasteiger charge is -2.52. The number of benzene rings is 1. The third-order valence-corrected chi connectivity index (χ3v) is 5.04. The number of nitrogens with one attached hydrogen (secondary N) is 1. The molecule has 1 N–H and O–H groups in total. The number of methoxy groups -OCH3 is 1. The van der Waals surface area contributed by atoms with Crippen molar-refractivity contribution in [3.63, 3.8) is 0 Å². The van der Waals surface area contributed by atoms with Crippen molar-refractivity contribution in [2.75, 3.05) is 44.8 Å². The van der Waals surface area contributed by atoms with E-state index in [0.29, 0.717) is 26.2 Å². The Kier molecular flexibility index (Phi) is 5.04. The topological polar surface area (TPSA) is 61.9 Å². The van der Waals surface area contributed by atoms with Gasteiger partial charge < -0.3 is 19.9 Å². The first-order valence-electron chi connectivity index (χ1n) is 8.55. The standard InChI is InChI=1S/C18H25N3O3/c1-24-13-5-10-19-17(23)20-11-8-18(9-12-20)14-21(16(18)22)15-6-3-2-4-7-15/h2-4,6-7H,5,8-14H2,1H3,(H,19,23). The summed E-state index contributed by atoms with van der Waals surface area (Å²) in [4.78, 5) is 28.4. The summed E-state index contributed by atoms with van der Waals surface area (Å²) in [6.07, 6.45) is 2.31. The fourth-order valence-corrected chi connectivity index (χ4v) is 3.49. The molecule has 6 nitrogen and oxygen atoms in total. The van der Waals surface area contributed by atoms with Gasteiger partial charge in [-0.25, -0.2) is 4.79 Å². The van der Waals surface area contributed by atoms with Crippen LogP contribution in [0.4, 0.5) is 10.5 Å². The summed E-state index contributed by atoms with van der Waals surface area (Å²) < 4.78 is 4.97. The molecule has 3 amide bonds. The largest absolute Gasteiger partial charge is 0.385 e. The van der Waals surface area contributed by atoms with E-state index in [1.165, 1.54) is 0 Å². The second-order valence-corrected chi connectivity index (χ2v) is 6.57. The summed E-state index contributed by atoms with van der Waals surface area (Å²) in [5, 5.41) is 2.91. The highest BCUT2D eigenvalue weighted by atomic mass is 16.5. The predicted octanol–water partition coefficient (Wildman–Crippen LogP) is 1.86. The number of rotatable bonds is 5. The molecule has 0 bridgehead atoms. The first-order valence-corrected chi connectivity index (χ1v) is 8.55. The Bertz CT molecular complexity index is 582. The van der Waals surface area contributed by atoms with Gasteiger partial charge >= 0.3 is 6.03 Å². The van der Waals surface area contributed by atoms with E-state index in [1.807, 2.05) is 40.1 Å². The number of nitrogens with zero attached hydrogens (tertiary/aromatic N) is 2. The number of hydrogen-bond donors (Lipinski definition) is 1. The van der Waals surface area contributed by atoms with Gasteiger partial charge in [0.15, 0.2) is 0 Å². The fraction of sp³-hybridized carbons (Fsp3) is 0.556. The van der Waals surface area contributed by atoms with Crippen molar-refractivity contribution in [2.24, 2.45) is 5.41 Å². The van der Waals surface area contributed by atoms with Crippen LogP contribution in [0.1, 0.15) is 19.3 Å². The molecular weight excluding hydrogens is 306 g/mol. The fourth-order valence-electron chi connectivity index (χ4n) is 3.49. The Morgan fingerprint density at radius 1 is 1.25 bits per heavy atom. The summed E-state index contributed by atoms with van der Waals surface area (Å²) in [6, 6.07) is 9.75. The van der Waals surface area contributed by atoms with Crippen molar-refractivity contribution in [3.05, 3.63) is 30.3 Å². The number of carbonyl (C=O) groups excluding carboxylic acids is 2. The number of piperidine rings is 1. The number of para-hydroxylation sites is 1. The molecule has 1 aromatic rings. The van der Waals surface area contributed by atoms with Crippen LogP contribution < -0.4 is 10.2 Å². The van der Waals surface area contributed by atoms with E-state index >= 15 is 0 Å². The maximum absolute atomic E-state index is 12.7. The van der Waals surface area contributed by atoms with Gasteiger partial charge in [0.25, 0.3) is 0 Å². The van der Waals surface area contributed by atoms with Crippen LogP contribution in [0.2, 0.25) is 0 Å². The zero-order chi connectivity index (χ0) is 17.0. The highest BCUT2D eigenvalue weighted by molar-refractivity contribution is 6.04. The number of likely N-dealkylation sites (tertiary alicyclic amines) is 1. The Hall–Kier alpha value is -2.08.